The van der Waals surface area contributed by atoms with Crippen molar-refractivity contribution >= 4 is 17.5 Å². The highest BCUT2D eigenvalue weighted by Crippen LogP contribution is 2.44. The average Bonchev–Trinajstić information content (AvgIpc) is 3.02. The van der Waals surface area contributed by atoms with Crippen molar-refractivity contribution < 1.29 is 14.7 Å². The van der Waals surface area contributed by atoms with Gasteiger partial charge in [-0.2, -0.15) is 0 Å². The van der Waals surface area contributed by atoms with Crippen LogP contribution in [0, 0.1) is 0 Å². The second-order valence-corrected chi connectivity index (χ2v) is 6.75. The van der Waals surface area contributed by atoms with E-state index in [1.807, 2.05) is 36.4 Å². The van der Waals surface area contributed by atoms with E-state index in [9.17, 15) is 14.7 Å². The number of carbonyl (C=O) groups excluding carboxylic acids is 2. The minimum absolute atomic E-state index is 0.0469. The average molecular weight is 352 g/mol. The fourth-order valence-electron chi connectivity index (χ4n) is 3.59. The van der Waals surface area contributed by atoms with Gasteiger partial charge in [0.1, 0.15) is 5.75 Å². The topological polar surface area (TPSA) is 78.4 Å². The summed E-state index contributed by atoms with van der Waals surface area (Å²) < 4.78 is 0. The lowest BCUT2D eigenvalue weighted by Crippen LogP contribution is -2.22. The van der Waals surface area contributed by atoms with Gasteiger partial charge in [-0.3, -0.25) is 9.59 Å². The molecule has 3 rings (SSSR count). The third-order valence-corrected chi connectivity index (χ3v) is 4.83. The third kappa shape index (κ3) is 4.23. The number of phenolic OH excluding ortho intramolecular Hbond substituents is 1. The van der Waals surface area contributed by atoms with Crippen molar-refractivity contribution in [3.05, 3.63) is 59.2 Å². The molecule has 0 bridgehead atoms. The van der Waals surface area contributed by atoms with E-state index in [0.29, 0.717) is 12.2 Å². The first-order chi connectivity index (χ1) is 12.5. The van der Waals surface area contributed by atoms with E-state index < -0.39 is 0 Å². The van der Waals surface area contributed by atoms with Crippen LogP contribution in [0.3, 0.4) is 0 Å². The van der Waals surface area contributed by atoms with Crippen LogP contribution in [0.2, 0.25) is 0 Å². The first-order valence-corrected chi connectivity index (χ1v) is 8.97. The Morgan fingerprint density at radius 1 is 1.15 bits per heavy atom. The standard InChI is InChI=1S/C21H24N2O3/c1-14(24)22-12-11-17-8-7-16-9-10-18(21(26)20(16)17)23-19(25)13-15-5-3-2-4-6-15/h2-6,9-10,17,26H,7-8,11-13H2,1H3,(H,22,24)(H,23,25). The van der Waals surface area contributed by atoms with Crippen LogP contribution in [-0.2, 0) is 22.4 Å². The van der Waals surface area contributed by atoms with E-state index in [2.05, 4.69) is 10.6 Å². The fourth-order valence-corrected chi connectivity index (χ4v) is 3.59. The van der Waals surface area contributed by atoms with Gasteiger partial charge in [0.25, 0.3) is 0 Å². The Bertz CT molecular complexity index is 802. The highest BCUT2D eigenvalue weighted by atomic mass is 16.3. The molecule has 1 unspecified atom stereocenters. The number of aryl methyl sites for hydroxylation is 1. The second-order valence-electron chi connectivity index (χ2n) is 6.75. The molecular weight excluding hydrogens is 328 g/mol. The molecule has 0 spiro atoms. The van der Waals surface area contributed by atoms with Gasteiger partial charge in [0.2, 0.25) is 11.8 Å². The van der Waals surface area contributed by atoms with Gasteiger partial charge in [-0.15, -0.1) is 0 Å². The van der Waals surface area contributed by atoms with Crippen molar-refractivity contribution in [2.24, 2.45) is 0 Å². The SMILES string of the molecule is CC(=O)NCCC1CCc2ccc(NC(=O)Cc3ccccc3)c(O)c21. The van der Waals surface area contributed by atoms with E-state index >= 15 is 0 Å². The van der Waals surface area contributed by atoms with Crippen molar-refractivity contribution in [1.82, 2.24) is 5.32 Å². The Balaban J connectivity index is 1.70. The largest absolute Gasteiger partial charge is 0.505 e. The molecular formula is C21H24N2O3. The molecule has 0 aliphatic heterocycles. The molecule has 136 valence electrons. The Labute approximate surface area is 153 Å². The summed E-state index contributed by atoms with van der Waals surface area (Å²) in [4.78, 5) is 23.3. The van der Waals surface area contributed by atoms with E-state index in [4.69, 9.17) is 0 Å². The fraction of sp³-hybridized carbons (Fsp3) is 0.333. The molecule has 0 radical (unpaired) electrons. The number of fused-ring (bicyclic) bond motifs is 1. The van der Waals surface area contributed by atoms with Crippen LogP contribution in [0.1, 0.15) is 42.4 Å². The molecule has 1 atom stereocenters. The molecule has 2 aromatic rings. The van der Waals surface area contributed by atoms with E-state index in [0.717, 1.165) is 36.0 Å². The predicted molar refractivity (Wildman–Crippen MR) is 101 cm³/mol. The molecule has 2 amide bonds. The molecule has 26 heavy (non-hydrogen) atoms. The lowest BCUT2D eigenvalue weighted by atomic mass is 9.96. The first kappa shape index (κ1) is 18.0. The summed E-state index contributed by atoms with van der Waals surface area (Å²) in [5, 5.41) is 16.3. The predicted octanol–water partition coefficient (Wildman–Crippen LogP) is 3.13. The van der Waals surface area contributed by atoms with E-state index in [1.54, 1.807) is 6.07 Å². The van der Waals surface area contributed by atoms with Gasteiger partial charge >= 0.3 is 0 Å². The van der Waals surface area contributed by atoms with Crippen molar-refractivity contribution in [2.75, 3.05) is 11.9 Å². The normalized spacial score (nSPS) is 15.3. The zero-order chi connectivity index (χ0) is 18.5. The van der Waals surface area contributed by atoms with Gasteiger partial charge in [0.15, 0.2) is 0 Å². The quantitative estimate of drug-likeness (QED) is 0.699. The molecule has 0 heterocycles. The van der Waals surface area contributed by atoms with Crippen LogP contribution in [0.25, 0.3) is 0 Å². The number of carbonyl (C=O) groups is 2. The molecule has 0 saturated heterocycles. The number of aromatic hydroxyl groups is 1. The highest BCUT2D eigenvalue weighted by Gasteiger charge is 2.27. The maximum Gasteiger partial charge on any atom is 0.228 e. The lowest BCUT2D eigenvalue weighted by Gasteiger charge is -2.16. The van der Waals surface area contributed by atoms with Crippen molar-refractivity contribution in [3.63, 3.8) is 0 Å². The van der Waals surface area contributed by atoms with Crippen LogP contribution < -0.4 is 10.6 Å². The summed E-state index contributed by atoms with van der Waals surface area (Å²) in [5.74, 6) is 0.158. The van der Waals surface area contributed by atoms with Crippen LogP contribution in [-0.4, -0.2) is 23.5 Å². The highest BCUT2D eigenvalue weighted by molar-refractivity contribution is 5.94. The summed E-state index contributed by atoms with van der Waals surface area (Å²) >= 11 is 0. The van der Waals surface area contributed by atoms with Gasteiger partial charge in [-0.25, -0.2) is 0 Å². The van der Waals surface area contributed by atoms with Gasteiger partial charge in [0, 0.05) is 19.0 Å². The number of phenols is 1. The van der Waals surface area contributed by atoms with Crippen LogP contribution in [0.15, 0.2) is 42.5 Å². The first-order valence-electron chi connectivity index (χ1n) is 8.97. The summed E-state index contributed by atoms with van der Waals surface area (Å²) in [7, 11) is 0. The number of rotatable bonds is 6. The molecule has 5 nitrogen and oxygen atoms in total. The van der Waals surface area contributed by atoms with Crippen LogP contribution in [0.5, 0.6) is 5.75 Å². The number of anilines is 1. The van der Waals surface area contributed by atoms with E-state index in [1.165, 1.54) is 6.92 Å². The molecule has 5 heteroatoms. The Kier molecular flexibility index (Phi) is 5.56. The van der Waals surface area contributed by atoms with Crippen molar-refractivity contribution in [1.29, 1.82) is 0 Å². The molecule has 2 aromatic carbocycles. The Morgan fingerprint density at radius 2 is 1.92 bits per heavy atom. The van der Waals surface area contributed by atoms with Crippen LogP contribution in [0.4, 0.5) is 5.69 Å². The number of hydrogen-bond donors (Lipinski definition) is 3. The lowest BCUT2D eigenvalue weighted by molar-refractivity contribution is -0.119. The second kappa shape index (κ2) is 8.04. The number of benzene rings is 2. The minimum Gasteiger partial charge on any atom is -0.505 e. The van der Waals surface area contributed by atoms with Gasteiger partial charge in [0.05, 0.1) is 12.1 Å². The molecule has 0 saturated carbocycles. The summed E-state index contributed by atoms with van der Waals surface area (Å²) in [5.41, 5.74) is 3.42. The molecule has 0 fully saturated rings. The summed E-state index contributed by atoms with van der Waals surface area (Å²) in [6.45, 7) is 2.09. The molecule has 1 aliphatic rings. The summed E-state index contributed by atoms with van der Waals surface area (Å²) in [6, 6.07) is 13.3. The van der Waals surface area contributed by atoms with Gasteiger partial charge in [-0.05, 0) is 42.4 Å². The van der Waals surface area contributed by atoms with Crippen LogP contribution >= 0.6 is 0 Å². The maximum atomic E-state index is 12.3. The van der Waals surface area contributed by atoms with E-state index in [-0.39, 0.29) is 29.9 Å². The molecule has 1 aliphatic carbocycles. The zero-order valence-corrected chi connectivity index (χ0v) is 14.9. The number of hydrogen-bond acceptors (Lipinski definition) is 3. The minimum atomic E-state index is -0.153. The smallest absolute Gasteiger partial charge is 0.228 e. The van der Waals surface area contributed by atoms with Crippen molar-refractivity contribution in [2.45, 2.75) is 38.5 Å². The Morgan fingerprint density at radius 3 is 2.65 bits per heavy atom. The van der Waals surface area contributed by atoms with Gasteiger partial charge in [-0.1, -0.05) is 36.4 Å². The van der Waals surface area contributed by atoms with Crippen molar-refractivity contribution in [3.8, 4) is 5.75 Å². The summed E-state index contributed by atoms with van der Waals surface area (Å²) in [6.07, 6.45) is 2.90. The molecule has 0 aromatic heterocycles. The monoisotopic (exact) mass is 352 g/mol. The molecule has 3 N–H and O–H groups in total. The number of nitrogens with one attached hydrogen (secondary N) is 2. The van der Waals surface area contributed by atoms with Gasteiger partial charge < -0.3 is 15.7 Å². The number of amides is 2. The maximum absolute atomic E-state index is 12.3. The Hall–Kier alpha value is -2.82. The third-order valence-electron chi connectivity index (χ3n) is 4.83. The zero-order valence-electron chi connectivity index (χ0n) is 14.9.